The van der Waals surface area contributed by atoms with Crippen molar-refractivity contribution in [3.05, 3.63) is 65.3 Å². The predicted molar refractivity (Wildman–Crippen MR) is 135 cm³/mol. The van der Waals surface area contributed by atoms with Gasteiger partial charge in [0.15, 0.2) is 0 Å². The van der Waals surface area contributed by atoms with E-state index >= 15 is 0 Å². The zero-order chi connectivity index (χ0) is 25.6. The Hall–Kier alpha value is -3.39. The molecule has 0 spiro atoms. The Bertz CT molecular complexity index is 1480. The molecule has 2 fully saturated rings. The van der Waals surface area contributed by atoms with Gasteiger partial charge in [-0.25, -0.2) is 18.7 Å². The fourth-order valence-corrected chi connectivity index (χ4v) is 5.88. The van der Waals surface area contributed by atoms with Gasteiger partial charge in [-0.1, -0.05) is 11.6 Å². The summed E-state index contributed by atoms with van der Waals surface area (Å²) < 4.78 is 29.9. The number of nitrogens with zero attached hydrogens (tertiary/aromatic N) is 7. The molecule has 4 heterocycles. The third-order valence-electron chi connectivity index (χ3n) is 7.78. The molecule has 3 aromatic heterocycles. The van der Waals surface area contributed by atoms with Crippen molar-refractivity contribution in [3.8, 4) is 17.3 Å². The Labute approximate surface area is 217 Å². The Balaban J connectivity index is 1.11. The van der Waals surface area contributed by atoms with Gasteiger partial charge in [0, 0.05) is 67.7 Å². The van der Waals surface area contributed by atoms with Crippen molar-refractivity contribution in [2.24, 2.45) is 0 Å². The first kappa shape index (κ1) is 24.0. The van der Waals surface area contributed by atoms with Crippen LogP contribution < -0.4 is 0 Å². The summed E-state index contributed by atoms with van der Waals surface area (Å²) in [7, 11) is 0. The standard InChI is InChI=1S/C26H25ClF2N8/c27-23-20(21(28)1-2-22(23)29)15-35-7-9-36(10-8-35)18-11-26(12-18,4-5-30)37-14-17(13-34-37)24-19-3-6-31-25(19)33-16-32-24/h1-3,6,13-14,16,18H,4,7-12,15H2,(H,31,32,33)/t18-,26-. The number of aromatic nitrogens is 5. The molecule has 6 rings (SSSR count). The zero-order valence-electron chi connectivity index (χ0n) is 20.0. The van der Waals surface area contributed by atoms with E-state index in [0.29, 0.717) is 12.5 Å². The molecule has 0 unspecified atom stereocenters. The van der Waals surface area contributed by atoms with E-state index in [-0.39, 0.29) is 22.7 Å². The van der Waals surface area contributed by atoms with Crippen LogP contribution in [0, 0.1) is 23.0 Å². The molecule has 1 aliphatic heterocycles. The van der Waals surface area contributed by atoms with Gasteiger partial charge in [0.2, 0.25) is 0 Å². The summed E-state index contributed by atoms with van der Waals surface area (Å²) >= 11 is 6.02. The topological polar surface area (TPSA) is 89.7 Å². The third-order valence-corrected chi connectivity index (χ3v) is 8.19. The molecule has 190 valence electrons. The van der Waals surface area contributed by atoms with Crippen LogP contribution in [0.25, 0.3) is 22.3 Å². The number of halogens is 3. The number of rotatable bonds is 6. The van der Waals surface area contributed by atoms with E-state index in [9.17, 15) is 14.0 Å². The van der Waals surface area contributed by atoms with Crippen LogP contribution >= 0.6 is 11.6 Å². The highest BCUT2D eigenvalue weighted by atomic mass is 35.5. The van der Waals surface area contributed by atoms with Crippen molar-refractivity contribution in [1.29, 1.82) is 5.26 Å². The summed E-state index contributed by atoms with van der Waals surface area (Å²) in [6, 6.07) is 6.83. The first-order valence-corrected chi connectivity index (χ1v) is 12.6. The zero-order valence-corrected chi connectivity index (χ0v) is 20.8. The van der Waals surface area contributed by atoms with E-state index in [2.05, 4.69) is 35.9 Å². The average Bonchev–Trinajstić information content (AvgIpc) is 3.57. The third kappa shape index (κ3) is 4.27. The second kappa shape index (κ2) is 9.49. The molecular formula is C26H25ClF2N8. The van der Waals surface area contributed by atoms with Crippen LogP contribution in [0.3, 0.4) is 0 Å². The van der Waals surface area contributed by atoms with Crippen molar-refractivity contribution < 1.29 is 8.78 Å². The van der Waals surface area contributed by atoms with Crippen LogP contribution in [-0.2, 0) is 12.1 Å². The monoisotopic (exact) mass is 522 g/mol. The van der Waals surface area contributed by atoms with Crippen LogP contribution in [0.4, 0.5) is 8.78 Å². The second-order valence-electron chi connectivity index (χ2n) is 9.89. The molecule has 0 atom stereocenters. The molecule has 8 nitrogen and oxygen atoms in total. The molecular weight excluding hydrogens is 498 g/mol. The summed E-state index contributed by atoms with van der Waals surface area (Å²) in [5, 5.41) is 15.0. The van der Waals surface area contributed by atoms with Gasteiger partial charge < -0.3 is 4.98 Å². The van der Waals surface area contributed by atoms with Crippen LogP contribution in [0.2, 0.25) is 5.02 Å². The largest absolute Gasteiger partial charge is 0.346 e. The van der Waals surface area contributed by atoms with E-state index in [1.54, 1.807) is 6.20 Å². The number of fused-ring (bicyclic) bond motifs is 1. The highest BCUT2D eigenvalue weighted by Gasteiger charge is 2.49. The Morgan fingerprint density at radius 2 is 1.89 bits per heavy atom. The first-order valence-electron chi connectivity index (χ1n) is 12.3. The van der Waals surface area contributed by atoms with E-state index < -0.39 is 11.6 Å². The van der Waals surface area contributed by atoms with E-state index in [1.807, 2.05) is 23.1 Å². The maximum Gasteiger partial charge on any atom is 0.142 e. The summed E-state index contributed by atoms with van der Waals surface area (Å²) in [6.45, 7) is 3.39. The van der Waals surface area contributed by atoms with Crippen molar-refractivity contribution in [2.45, 2.75) is 37.4 Å². The summed E-state index contributed by atoms with van der Waals surface area (Å²) in [4.78, 5) is 16.3. The fraction of sp³-hybridized carbons (Fsp3) is 0.385. The molecule has 37 heavy (non-hydrogen) atoms. The SMILES string of the molecule is N#CC[C@]1(n2cc(-c3ncnc4[nH]ccc34)cn2)C[C@H](N2CCN(Cc3c(F)ccc(F)c3Cl)CC2)C1. The van der Waals surface area contributed by atoms with Crippen molar-refractivity contribution in [1.82, 2.24) is 34.5 Å². The number of nitriles is 1. The number of nitrogens with one attached hydrogen (secondary N) is 1. The molecule has 1 saturated heterocycles. The Morgan fingerprint density at radius 3 is 2.68 bits per heavy atom. The lowest BCUT2D eigenvalue weighted by molar-refractivity contribution is -0.0192. The minimum absolute atomic E-state index is 0.138. The van der Waals surface area contributed by atoms with E-state index in [0.717, 1.165) is 73.4 Å². The molecule has 1 aliphatic carbocycles. The van der Waals surface area contributed by atoms with Gasteiger partial charge in [-0.15, -0.1) is 0 Å². The van der Waals surface area contributed by atoms with Gasteiger partial charge in [0.25, 0.3) is 0 Å². The van der Waals surface area contributed by atoms with Crippen LogP contribution in [0.5, 0.6) is 0 Å². The number of aromatic amines is 1. The van der Waals surface area contributed by atoms with Gasteiger partial charge in [-0.3, -0.25) is 14.5 Å². The van der Waals surface area contributed by atoms with Crippen molar-refractivity contribution >= 4 is 22.6 Å². The molecule has 0 radical (unpaired) electrons. The van der Waals surface area contributed by atoms with Crippen molar-refractivity contribution in [2.75, 3.05) is 26.2 Å². The second-order valence-corrected chi connectivity index (χ2v) is 10.3. The van der Waals surface area contributed by atoms with Crippen LogP contribution in [0.15, 0.2) is 43.1 Å². The molecule has 4 aromatic rings. The molecule has 2 aliphatic rings. The summed E-state index contributed by atoms with van der Waals surface area (Å²) in [6.07, 6.45) is 9.19. The van der Waals surface area contributed by atoms with Gasteiger partial charge in [-0.2, -0.15) is 10.4 Å². The minimum Gasteiger partial charge on any atom is -0.346 e. The Kier molecular flexibility index (Phi) is 6.15. The van der Waals surface area contributed by atoms with Gasteiger partial charge >= 0.3 is 0 Å². The number of piperazine rings is 1. The highest BCUT2D eigenvalue weighted by molar-refractivity contribution is 6.31. The highest BCUT2D eigenvalue weighted by Crippen LogP contribution is 2.45. The number of benzene rings is 1. The minimum atomic E-state index is -0.598. The van der Waals surface area contributed by atoms with Crippen molar-refractivity contribution in [3.63, 3.8) is 0 Å². The maximum absolute atomic E-state index is 14.2. The average molecular weight is 523 g/mol. The molecule has 1 aromatic carbocycles. The smallest absolute Gasteiger partial charge is 0.142 e. The van der Waals surface area contributed by atoms with E-state index in [4.69, 9.17) is 11.6 Å². The molecule has 0 bridgehead atoms. The number of H-pyrrole nitrogens is 1. The number of hydrogen-bond acceptors (Lipinski definition) is 6. The van der Waals surface area contributed by atoms with E-state index in [1.165, 1.54) is 6.33 Å². The van der Waals surface area contributed by atoms with Crippen LogP contribution in [0.1, 0.15) is 24.8 Å². The molecule has 1 saturated carbocycles. The molecule has 1 N–H and O–H groups in total. The predicted octanol–water partition coefficient (Wildman–Crippen LogP) is 4.34. The van der Waals surface area contributed by atoms with Gasteiger partial charge in [0.05, 0.1) is 34.9 Å². The van der Waals surface area contributed by atoms with Crippen LogP contribution in [-0.4, -0.2) is 66.8 Å². The quantitative estimate of drug-likeness (QED) is 0.379. The lowest BCUT2D eigenvalue weighted by Crippen LogP contribution is -2.60. The normalized spacial score (nSPS) is 22.7. The lowest BCUT2D eigenvalue weighted by atomic mass is 9.70. The summed E-state index contributed by atoms with van der Waals surface area (Å²) in [5.41, 5.74) is 2.34. The first-order chi connectivity index (χ1) is 18.0. The lowest BCUT2D eigenvalue weighted by Gasteiger charge is -2.52. The van der Waals surface area contributed by atoms with Gasteiger partial charge in [-0.05, 0) is 31.0 Å². The Morgan fingerprint density at radius 1 is 1.11 bits per heavy atom. The summed E-state index contributed by atoms with van der Waals surface area (Å²) in [5.74, 6) is -1.08. The number of hydrogen-bond donors (Lipinski definition) is 1. The molecule has 11 heteroatoms. The fourth-order valence-electron chi connectivity index (χ4n) is 5.67. The maximum atomic E-state index is 14.2. The molecule has 0 amide bonds. The van der Waals surface area contributed by atoms with Gasteiger partial charge in [0.1, 0.15) is 23.6 Å².